The third-order valence-electron chi connectivity index (χ3n) is 3.14. The fourth-order valence-electron chi connectivity index (χ4n) is 1.95. The predicted octanol–water partition coefficient (Wildman–Crippen LogP) is 2.77. The lowest BCUT2D eigenvalue weighted by molar-refractivity contribution is 0.0951. The summed E-state index contributed by atoms with van der Waals surface area (Å²) < 4.78 is 10.1. The Balaban J connectivity index is 1.91. The van der Waals surface area contributed by atoms with E-state index in [0.717, 1.165) is 16.9 Å². The number of carbonyl (C=O) groups is 1. The van der Waals surface area contributed by atoms with Crippen LogP contribution in [-0.2, 0) is 17.9 Å². The summed E-state index contributed by atoms with van der Waals surface area (Å²) in [7, 11) is 3.28. The smallest absolute Gasteiger partial charge is 0.251 e. The van der Waals surface area contributed by atoms with E-state index in [1.54, 1.807) is 26.4 Å². The molecule has 0 spiro atoms. The molecule has 0 atom stereocenters. The molecule has 2 aromatic rings. The van der Waals surface area contributed by atoms with Crippen LogP contribution in [-0.4, -0.2) is 20.1 Å². The van der Waals surface area contributed by atoms with Gasteiger partial charge in [-0.05, 0) is 35.4 Å². The zero-order chi connectivity index (χ0) is 15.1. The number of benzene rings is 2. The molecule has 0 saturated carbocycles. The van der Waals surface area contributed by atoms with Gasteiger partial charge in [-0.25, -0.2) is 0 Å². The van der Waals surface area contributed by atoms with Gasteiger partial charge in [0.1, 0.15) is 5.75 Å². The first-order valence-electron chi connectivity index (χ1n) is 6.72. The van der Waals surface area contributed by atoms with Crippen molar-refractivity contribution < 1.29 is 14.3 Å². The number of carbonyl (C=O) groups excluding carboxylic acids is 1. The molecule has 0 bridgehead atoms. The van der Waals surface area contributed by atoms with Crippen LogP contribution in [0.5, 0.6) is 5.75 Å². The van der Waals surface area contributed by atoms with Crippen molar-refractivity contribution in [1.82, 2.24) is 5.32 Å². The van der Waals surface area contributed by atoms with Crippen LogP contribution in [0.1, 0.15) is 21.5 Å². The number of hydrogen-bond donors (Lipinski definition) is 1. The highest BCUT2D eigenvalue weighted by Gasteiger charge is 2.05. The summed E-state index contributed by atoms with van der Waals surface area (Å²) in [6.07, 6.45) is 0. The molecule has 0 heterocycles. The molecule has 0 aliphatic carbocycles. The van der Waals surface area contributed by atoms with Gasteiger partial charge in [-0.15, -0.1) is 0 Å². The van der Waals surface area contributed by atoms with Crippen molar-refractivity contribution in [2.75, 3.05) is 14.2 Å². The molecule has 0 saturated heterocycles. The van der Waals surface area contributed by atoms with E-state index >= 15 is 0 Å². The first-order chi connectivity index (χ1) is 10.2. The Hall–Kier alpha value is -2.33. The SMILES string of the molecule is COCc1ccc(C(=O)NCc2ccc(OC)cc2)cc1. The second-order valence-corrected chi connectivity index (χ2v) is 4.66. The second kappa shape index (κ2) is 7.45. The highest BCUT2D eigenvalue weighted by Crippen LogP contribution is 2.11. The molecular weight excluding hydrogens is 266 g/mol. The topological polar surface area (TPSA) is 47.6 Å². The standard InChI is InChI=1S/C17H19NO3/c1-20-12-14-3-7-15(8-4-14)17(19)18-11-13-5-9-16(21-2)10-6-13/h3-10H,11-12H2,1-2H3,(H,18,19). The van der Waals surface area contributed by atoms with Crippen LogP contribution in [0.15, 0.2) is 48.5 Å². The van der Waals surface area contributed by atoms with Gasteiger partial charge in [-0.3, -0.25) is 4.79 Å². The number of hydrogen-bond acceptors (Lipinski definition) is 3. The summed E-state index contributed by atoms with van der Waals surface area (Å²) in [5.41, 5.74) is 2.72. The Kier molecular flexibility index (Phi) is 5.35. The minimum Gasteiger partial charge on any atom is -0.497 e. The van der Waals surface area contributed by atoms with Crippen molar-refractivity contribution in [3.8, 4) is 5.75 Å². The summed E-state index contributed by atoms with van der Waals surface area (Å²) in [4.78, 5) is 12.0. The minimum atomic E-state index is -0.0882. The molecule has 0 aliphatic heterocycles. The normalized spacial score (nSPS) is 10.2. The molecule has 1 N–H and O–H groups in total. The summed E-state index contributed by atoms with van der Waals surface area (Å²) in [6, 6.07) is 15.0. The van der Waals surface area contributed by atoms with E-state index in [0.29, 0.717) is 18.7 Å². The lowest BCUT2D eigenvalue weighted by Gasteiger charge is -2.07. The van der Waals surface area contributed by atoms with Gasteiger partial charge in [-0.1, -0.05) is 24.3 Å². The van der Waals surface area contributed by atoms with Crippen molar-refractivity contribution in [3.05, 3.63) is 65.2 Å². The third kappa shape index (κ3) is 4.33. The van der Waals surface area contributed by atoms with E-state index in [1.165, 1.54) is 0 Å². The van der Waals surface area contributed by atoms with E-state index in [9.17, 15) is 4.79 Å². The maximum absolute atomic E-state index is 12.0. The first-order valence-corrected chi connectivity index (χ1v) is 6.72. The molecule has 4 heteroatoms. The van der Waals surface area contributed by atoms with Gasteiger partial charge in [0.25, 0.3) is 5.91 Å². The highest BCUT2D eigenvalue weighted by atomic mass is 16.5. The molecule has 0 fully saturated rings. The van der Waals surface area contributed by atoms with Crippen molar-refractivity contribution in [1.29, 1.82) is 0 Å². The van der Waals surface area contributed by atoms with Gasteiger partial charge in [0.05, 0.1) is 13.7 Å². The Bertz CT molecular complexity index is 576. The summed E-state index contributed by atoms with van der Waals surface area (Å²) in [5.74, 6) is 0.716. The Morgan fingerprint density at radius 3 is 2.14 bits per heavy atom. The summed E-state index contributed by atoms with van der Waals surface area (Å²) in [6.45, 7) is 1.04. The van der Waals surface area contributed by atoms with Gasteiger partial charge in [0.2, 0.25) is 0 Å². The van der Waals surface area contributed by atoms with Gasteiger partial charge >= 0.3 is 0 Å². The van der Waals surface area contributed by atoms with E-state index in [4.69, 9.17) is 9.47 Å². The first kappa shape index (κ1) is 15.1. The van der Waals surface area contributed by atoms with E-state index in [1.807, 2.05) is 36.4 Å². The molecule has 0 unspecified atom stereocenters. The van der Waals surface area contributed by atoms with Crippen molar-refractivity contribution >= 4 is 5.91 Å². The van der Waals surface area contributed by atoms with E-state index in [2.05, 4.69) is 5.32 Å². The van der Waals surface area contributed by atoms with Gasteiger partial charge < -0.3 is 14.8 Å². The van der Waals surface area contributed by atoms with Gasteiger partial charge in [-0.2, -0.15) is 0 Å². The third-order valence-corrected chi connectivity index (χ3v) is 3.14. The molecule has 1 amide bonds. The van der Waals surface area contributed by atoms with Crippen LogP contribution >= 0.6 is 0 Å². The molecule has 2 rings (SSSR count). The number of amides is 1. The van der Waals surface area contributed by atoms with Crippen molar-refractivity contribution in [3.63, 3.8) is 0 Å². The van der Waals surface area contributed by atoms with Crippen LogP contribution in [0, 0.1) is 0 Å². The summed E-state index contributed by atoms with van der Waals surface area (Å²) in [5, 5.41) is 2.89. The molecule has 0 aromatic heterocycles. The Morgan fingerprint density at radius 2 is 1.57 bits per heavy atom. The van der Waals surface area contributed by atoms with E-state index < -0.39 is 0 Å². The highest BCUT2D eigenvalue weighted by molar-refractivity contribution is 5.94. The number of ether oxygens (including phenoxy) is 2. The van der Waals surface area contributed by atoms with Crippen LogP contribution in [0.4, 0.5) is 0 Å². The molecule has 110 valence electrons. The minimum absolute atomic E-state index is 0.0882. The molecule has 4 nitrogen and oxygen atoms in total. The van der Waals surface area contributed by atoms with Crippen LogP contribution in [0.3, 0.4) is 0 Å². The van der Waals surface area contributed by atoms with Gasteiger partial charge in [0, 0.05) is 19.2 Å². The monoisotopic (exact) mass is 285 g/mol. The van der Waals surface area contributed by atoms with Crippen molar-refractivity contribution in [2.45, 2.75) is 13.2 Å². The fourth-order valence-corrected chi connectivity index (χ4v) is 1.95. The second-order valence-electron chi connectivity index (χ2n) is 4.66. The maximum Gasteiger partial charge on any atom is 0.251 e. The lowest BCUT2D eigenvalue weighted by atomic mass is 10.1. The molecule has 0 radical (unpaired) electrons. The molecule has 21 heavy (non-hydrogen) atoms. The van der Waals surface area contributed by atoms with Crippen LogP contribution in [0.25, 0.3) is 0 Å². The molecule has 2 aromatic carbocycles. The fraction of sp³-hybridized carbons (Fsp3) is 0.235. The van der Waals surface area contributed by atoms with Crippen LogP contribution < -0.4 is 10.1 Å². The number of methoxy groups -OCH3 is 2. The zero-order valence-electron chi connectivity index (χ0n) is 12.3. The molecule has 0 aliphatic rings. The van der Waals surface area contributed by atoms with E-state index in [-0.39, 0.29) is 5.91 Å². The average molecular weight is 285 g/mol. The quantitative estimate of drug-likeness (QED) is 0.887. The number of rotatable bonds is 6. The lowest BCUT2D eigenvalue weighted by Crippen LogP contribution is -2.22. The van der Waals surface area contributed by atoms with Crippen LogP contribution in [0.2, 0.25) is 0 Å². The Morgan fingerprint density at radius 1 is 0.952 bits per heavy atom. The number of nitrogens with one attached hydrogen (secondary N) is 1. The predicted molar refractivity (Wildman–Crippen MR) is 81.3 cm³/mol. The van der Waals surface area contributed by atoms with Crippen molar-refractivity contribution in [2.24, 2.45) is 0 Å². The summed E-state index contributed by atoms with van der Waals surface area (Å²) >= 11 is 0. The average Bonchev–Trinajstić information content (AvgIpc) is 2.54. The largest absolute Gasteiger partial charge is 0.497 e. The maximum atomic E-state index is 12.0. The Labute approximate surface area is 124 Å². The zero-order valence-corrected chi connectivity index (χ0v) is 12.3. The van der Waals surface area contributed by atoms with Gasteiger partial charge in [0.15, 0.2) is 0 Å². The molecular formula is C17H19NO3.